The second kappa shape index (κ2) is 13.5. The van der Waals surface area contributed by atoms with Crippen LogP contribution in [0.25, 0.3) is 17.0 Å². The van der Waals surface area contributed by atoms with Gasteiger partial charge in [-0.25, -0.2) is 9.79 Å². The molecule has 3 heterocycles. The fourth-order valence-corrected chi connectivity index (χ4v) is 7.71. The highest BCUT2D eigenvalue weighted by molar-refractivity contribution is 9.10. The van der Waals surface area contributed by atoms with E-state index in [9.17, 15) is 9.59 Å². The van der Waals surface area contributed by atoms with Crippen molar-refractivity contribution in [1.82, 2.24) is 9.13 Å². The molecule has 242 valence electrons. The van der Waals surface area contributed by atoms with E-state index in [-0.39, 0.29) is 17.7 Å². The van der Waals surface area contributed by atoms with Crippen LogP contribution in [0, 0.1) is 6.92 Å². The first-order valence-electron chi connectivity index (χ1n) is 15.2. The van der Waals surface area contributed by atoms with Gasteiger partial charge < -0.3 is 18.8 Å². The van der Waals surface area contributed by atoms with Crippen LogP contribution < -0.4 is 24.4 Å². The lowest BCUT2D eigenvalue weighted by molar-refractivity contribution is -0.139. The molecule has 8 nitrogen and oxygen atoms in total. The summed E-state index contributed by atoms with van der Waals surface area (Å²) in [5.41, 5.74) is 5.29. The van der Waals surface area contributed by atoms with Crippen molar-refractivity contribution in [3.8, 4) is 11.5 Å². The monoisotopic (exact) mass is 733 g/mol. The minimum Gasteiger partial charge on any atom is -0.493 e. The Labute approximate surface area is 289 Å². The lowest BCUT2D eigenvalue weighted by atomic mass is 9.95. The predicted octanol–water partition coefficient (Wildman–Crippen LogP) is 6.93. The van der Waals surface area contributed by atoms with Crippen LogP contribution in [-0.4, -0.2) is 35.4 Å². The van der Waals surface area contributed by atoms with Crippen LogP contribution >= 0.6 is 38.9 Å². The Balaban J connectivity index is 1.56. The molecule has 1 atom stereocenters. The molecule has 6 rings (SSSR count). The molecule has 0 N–H and O–H groups in total. The van der Waals surface area contributed by atoms with E-state index < -0.39 is 12.0 Å². The first-order chi connectivity index (χ1) is 22.7. The van der Waals surface area contributed by atoms with Gasteiger partial charge in [-0.2, -0.15) is 0 Å². The normalized spacial score (nSPS) is 14.7. The van der Waals surface area contributed by atoms with Gasteiger partial charge in [0, 0.05) is 38.2 Å². The van der Waals surface area contributed by atoms with E-state index >= 15 is 0 Å². The van der Waals surface area contributed by atoms with Crippen LogP contribution in [0.4, 0.5) is 0 Å². The number of nitrogens with zero attached hydrogens (tertiary/aromatic N) is 3. The van der Waals surface area contributed by atoms with Gasteiger partial charge in [0.1, 0.15) is 0 Å². The van der Waals surface area contributed by atoms with Gasteiger partial charge in [-0.1, -0.05) is 69.2 Å². The van der Waals surface area contributed by atoms with E-state index in [0.29, 0.717) is 54.7 Å². The van der Waals surface area contributed by atoms with Crippen molar-refractivity contribution in [2.45, 2.75) is 40.3 Å². The van der Waals surface area contributed by atoms with Crippen molar-refractivity contribution in [2.75, 3.05) is 20.3 Å². The Hall–Kier alpha value is -4.12. The van der Waals surface area contributed by atoms with Crippen molar-refractivity contribution in [2.24, 2.45) is 4.99 Å². The number of thiazole rings is 1. The maximum Gasteiger partial charge on any atom is 0.338 e. The molecule has 3 aromatic carbocycles. The average molecular weight is 735 g/mol. The van der Waals surface area contributed by atoms with Crippen LogP contribution in [0.5, 0.6) is 11.5 Å². The largest absolute Gasteiger partial charge is 0.493 e. The third kappa shape index (κ3) is 6.06. The highest BCUT2D eigenvalue weighted by Crippen LogP contribution is 2.41. The Bertz CT molecular complexity index is 2230. The number of fused-ring (bicyclic) bond motifs is 2. The Kier molecular flexibility index (Phi) is 9.46. The van der Waals surface area contributed by atoms with E-state index in [0.717, 1.165) is 27.7 Å². The van der Waals surface area contributed by atoms with E-state index in [1.54, 1.807) is 37.7 Å². The second-order valence-corrected chi connectivity index (χ2v) is 13.3. The van der Waals surface area contributed by atoms with Crippen molar-refractivity contribution in [3.63, 3.8) is 0 Å². The van der Waals surface area contributed by atoms with Crippen LogP contribution in [0.2, 0.25) is 5.02 Å². The Morgan fingerprint density at radius 2 is 1.81 bits per heavy atom. The lowest BCUT2D eigenvalue weighted by Crippen LogP contribution is -2.40. The number of aromatic nitrogens is 2. The number of carbonyl (C=O) groups is 1. The molecule has 1 aliphatic rings. The molecule has 0 radical (unpaired) electrons. The van der Waals surface area contributed by atoms with Gasteiger partial charge in [-0.15, -0.1) is 0 Å². The number of ether oxygens (including phenoxy) is 3. The number of benzene rings is 3. The minimum atomic E-state index is -0.821. The van der Waals surface area contributed by atoms with Gasteiger partial charge in [0.05, 0.1) is 42.2 Å². The third-order valence-electron chi connectivity index (χ3n) is 8.20. The molecule has 0 bridgehead atoms. The van der Waals surface area contributed by atoms with Crippen LogP contribution in [0.3, 0.4) is 0 Å². The number of carbonyl (C=O) groups excluding carboxylic acids is 1. The molecule has 0 amide bonds. The maximum atomic E-state index is 14.5. The molecule has 0 aliphatic carbocycles. The summed E-state index contributed by atoms with van der Waals surface area (Å²) in [4.78, 5) is 33.2. The van der Waals surface area contributed by atoms with Gasteiger partial charge in [0.2, 0.25) is 0 Å². The van der Waals surface area contributed by atoms with Crippen LogP contribution in [0.1, 0.15) is 49.2 Å². The predicted molar refractivity (Wildman–Crippen MR) is 189 cm³/mol. The first-order valence-corrected chi connectivity index (χ1v) is 17.2. The molecular weight excluding hydrogens is 702 g/mol. The SMILES string of the molecule is CCOC(=O)C1=C(C)N=c2s/c(=C/c3c(C)n(Cc4ccc(Cl)cc4)c4ccccc34)c(=O)n2[C@@H]1c1cc(OC)c(OCC)cc1Br. The van der Waals surface area contributed by atoms with Gasteiger partial charge in [0.25, 0.3) is 5.56 Å². The highest BCUT2D eigenvalue weighted by Gasteiger charge is 2.35. The second-order valence-electron chi connectivity index (χ2n) is 11.0. The van der Waals surface area contributed by atoms with Crippen molar-refractivity contribution < 1.29 is 19.0 Å². The number of halogens is 2. The fourth-order valence-electron chi connectivity index (χ4n) is 6.02. The van der Waals surface area contributed by atoms with Crippen molar-refractivity contribution >= 4 is 61.8 Å². The number of rotatable bonds is 9. The molecule has 1 aliphatic heterocycles. The molecule has 0 spiro atoms. The minimum absolute atomic E-state index is 0.180. The molecule has 2 aromatic heterocycles. The van der Waals surface area contributed by atoms with Crippen LogP contribution in [-0.2, 0) is 16.1 Å². The molecule has 5 aromatic rings. The summed E-state index contributed by atoms with van der Waals surface area (Å²) in [7, 11) is 1.56. The molecular formula is C36H33BrClN3O5S. The molecule has 0 fully saturated rings. The summed E-state index contributed by atoms with van der Waals surface area (Å²) in [5.74, 6) is 0.491. The zero-order chi connectivity index (χ0) is 33.4. The topological polar surface area (TPSA) is 84.1 Å². The molecule has 0 unspecified atom stereocenters. The zero-order valence-corrected chi connectivity index (χ0v) is 29.8. The van der Waals surface area contributed by atoms with Gasteiger partial charge in [0.15, 0.2) is 16.3 Å². The number of esters is 1. The average Bonchev–Trinajstić information content (AvgIpc) is 3.50. The summed E-state index contributed by atoms with van der Waals surface area (Å²) in [5, 5.41) is 1.72. The Morgan fingerprint density at radius 3 is 2.51 bits per heavy atom. The summed E-state index contributed by atoms with van der Waals surface area (Å²) in [6.07, 6.45) is 1.94. The lowest BCUT2D eigenvalue weighted by Gasteiger charge is -2.26. The maximum absolute atomic E-state index is 14.5. The quantitative estimate of drug-likeness (QED) is 0.154. The number of para-hydroxylation sites is 1. The van der Waals surface area contributed by atoms with Gasteiger partial charge in [-0.3, -0.25) is 9.36 Å². The van der Waals surface area contributed by atoms with E-state index in [1.165, 1.54) is 11.3 Å². The number of methoxy groups -OCH3 is 1. The van der Waals surface area contributed by atoms with Crippen molar-refractivity contribution in [3.05, 3.63) is 124 Å². The molecule has 0 saturated carbocycles. The van der Waals surface area contributed by atoms with Crippen molar-refractivity contribution in [1.29, 1.82) is 0 Å². The number of allylic oxidation sites excluding steroid dienone is 1. The third-order valence-corrected chi connectivity index (χ3v) is 10.1. The number of hydrogen-bond acceptors (Lipinski definition) is 7. The van der Waals surface area contributed by atoms with Gasteiger partial charge >= 0.3 is 5.97 Å². The first kappa shape index (κ1) is 32.8. The summed E-state index contributed by atoms with van der Waals surface area (Å²) >= 11 is 11.1. The summed E-state index contributed by atoms with van der Waals surface area (Å²) in [6, 6.07) is 18.8. The standard InChI is InChI=1S/C36H33BrClN3O5S/c1-6-45-30-18-27(37)26(16-29(30)44-5)33-32(35(43)46-7-2)20(3)39-36-41(33)34(42)31(47-36)17-25-21(4)40(28-11-9-8-10-24(25)28)19-22-12-14-23(38)15-13-22/h8-18,33H,6-7,19H2,1-5H3/b31-17+/t33-/m1/s1. The Morgan fingerprint density at radius 1 is 1.06 bits per heavy atom. The zero-order valence-electron chi connectivity index (χ0n) is 26.6. The van der Waals surface area contributed by atoms with E-state index in [1.807, 2.05) is 49.4 Å². The summed E-state index contributed by atoms with van der Waals surface area (Å²) in [6.45, 7) is 8.74. The molecule has 11 heteroatoms. The highest BCUT2D eigenvalue weighted by atomic mass is 79.9. The van der Waals surface area contributed by atoms with Gasteiger partial charge in [-0.05, 0) is 75.2 Å². The molecule has 47 heavy (non-hydrogen) atoms. The van der Waals surface area contributed by atoms with Crippen LogP contribution in [0.15, 0.2) is 86.2 Å². The van der Waals surface area contributed by atoms with E-state index in [4.69, 9.17) is 30.8 Å². The summed E-state index contributed by atoms with van der Waals surface area (Å²) < 4.78 is 21.9. The molecule has 0 saturated heterocycles. The fraction of sp³-hybridized carbons (Fsp3) is 0.250. The van der Waals surface area contributed by atoms with E-state index in [2.05, 4.69) is 39.6 Å². The number of hydrogen-bond donors (Lipinski definition) is 0. The smallest absolute Gasteiger partial charge is 0.338 e.